The molecular formula is C11H13NO. The Kier molecular flexibility index (Phi) is 2.32. The van der Waals surface area contributed by atoms with Gasteiger partial charge in [0.1, 0.15) is 12.4 Å². The van der Waals surface area contributed by atoms with Crippen LogP contribution in [0.25, 0.3) is 0 Å². The van der Waals surface area contributed by atoms with Crippen LogP contribution in [-0.4, -0.2) is 6.61 Å². The zero-order valence-electron chi connectivity index (χ0n) is 7.55. The first-order valence-corrected chi connectivity index (χ1v) is 4.46. The zero-order valence-corrected chi connectivity index (χ0v) is 7.55. The second-order valence-electron chi connectivity index (χ2n) is 3.13. The summed E-state index contributed by atoms with van der Waals surface area (Å²) < 4.78 is 5.43. The second-order valence-corrected chi connectivity index (χ2v) is 3.13. The van der Waals surface area contributed by atoms with E-state index in [2.05, 4.69) is 24.0 Å². The lowest BCUT2D eigenvalue weighted by Crippen LogP contribution is -1.99. The van der Waals surface area contributed by atoms with Crippen LogP contribution < -0.4 is 10.1 Å². The van der Waals surface area contributed by atoms with Crippen molar-refractivity contribution in [3.8, 4) is 5.75 Å². The van der Waals surface area contributed by atoms with E-state index in [0.29, 0.717) is 6.61 Å². The van der Waals surface area contributed by atoms with Gasteiger partial charge in [-0.2, -0.15) is 0 Å². The van der Waals surface area contributed by atoms with E-state index in [4.69, 9.17) is 4.74 Å². The van der Waals surface area contributed by atoms with Gasteiger partial charge in [-0.25, -0.2) is 0 Å². The third-order valence-corrected chi connectivity index (χ3v) is 2.18. The van der Waals surface area contributed by atoms with Crippen LogP contribution in [0.1, 0.15) is 11.1 Å². The van der Waals surface area contributed by atoms with E-state index in [9.17, 15) is 0 Å². The number of hydrogen-bond acceptors (Lipinski definition) is 2. The van der Waals surface area contributed by atoms with E-state index in [-0.39, 0.29) is 0 Å². The summed E-state index contributed by atoms with van der Waals surface area (Å²) in [4.78, 5) is 0. The molecule has 0 atom stereocenters. The first-order chi connectivity index (χ1) is 6.40. The lowest BCUT2D eigenvalue weighted by Gasteiger charge is -2.04. The molecule has 2 rings (SSSR count). The van der Waals surface area contributed by atoms with Gasteiger partial charge in [0.15, 0.2) is 0 Å². The number of fused-ring (bicyclic) bond motifs is 1. The van der Waals surface area contributed by atoms with E-state index in [1.807, 2.05) is 6.07 Å². The summed E-state index contributed by atoms with van der Waals surface area (Å²) in [5.74, 6) is 0.933. The smallest absolute Gasteiger partial charge is 0.120 e. The molecule has 2 nitrogen and oxygen atoms in total. The minimum absolute atomic E-state index is 0.576. The molecule has 0 saturated heterocycles. The maximum Gasteiger partial charge on any atom is 0.120 e. The molecule has 2 heteroatoms. The van der Waals surface area contributed by atoms with Crippen molar-refractivity contribution < 1.29 is 4.74 Å². The minimum Gasteiger partial charge on any atom is -0.490 e. The predicted octanol–water partition coefficient (Wildman–Crippen LogP) is 1.85. The van der Waals surface area contributed by atoms with Gasteiger partial charge in [0.2, 0.25) is 0 Å². The highest BCUT2D eigenvalue weighted by Crippen LogP contribution is 2.21. The van der Waals surface area contributed by atoms with Crippen LogP contribution in [0.15, 0.2) is 30.9 Å². The summed E-state index contributed by atoms with van der Waals surface area (Å²) in [6.45, 7) is 6.13. The monoisotopic (exact) mass is 175 g/mol. The van der Waals surface area contributed by atoms with Gasteiger partial charge in [-0.3, -0.25) is 0 Å². The maximum atomic E-state index is 5.43. The lowest BCUT2D eigenvalue weighted by molar-refractivity contribution is 0.363. The van der Waals surface area contributed by atoms with Gasteiger partial charge in [-0.1, -0.05) is 18.7 Å². The van der Waals surface area contributed by atoms with Crippen LogP contribution >= 0.6 is 0 Å². The van der Waals surface area contributed by atoms with Crippen molar-refractivity contribution in [2.24, 2.45) is 0 Å². The maximum absolute atomic E-state index is 5.43. The van der Waals surface area contributed by atoms with Crippen LogP contribution in [0.3, 0.4) is 0 Å². The molecule has 1 N–H and O–H groups in total. The van der Waals surface area contributed by atoms with Crippen LogP contribution in [-0.2, 0) is 13.1 Å². The molecule has 1 heterocycles. The first kappa shape index (κ1) is 8.32. The summed E-state index contributed by atoms with van der Waals surface area (Å²) in [5, 5.41) is 3.30. The fourth-order valence-electron chi connectivity index (χ4n) is 1.52. The summed E-state index contributed by atoms with van der Waals surface area (Å²) in [6.07, 6.45) is 1.76. The topological polar surface area (TPSA) is 21.3 Å². The molecule has 0 aliphatic carbocycles. The molecule has 1 aromatic carbocycles. The molecular weight excluding hydrogens is 162 g/mol. The first-order valence-electron chi connectivity index (χ1n) is 4.46. The standard InChI is InChI=1S/C11H13NO/c1-2-5-13-11-4-3-9-7-12-8-10(9)6-11/h2-4,6,12H,1,5,7-8H2. The Morgan fingerprint density at radius 1 is 1.38 bits per heavy atom. The van der Waals surface area contributed by atoms with Crippen molar-refractivity contribution in [1.82, 2.24) is 5.32 Å². The fourth-order valence-corrected chi connectivity index (χ4v) is 1.52. The Labute approximate surface area is 78.2 Å². The highest BCUT2D eigenvalue weighted by Gasteiger charge is 2.09. The van der Waals surface area contributed by atoms with Crippen LogP contribution in [0.5, 0.6) is 5.75 Å². The van der Waals surface area contributed by atoms with Crippen molar-refractivity contribution >= 4 is 0 Å². The predicted molar refractivity (Wildman–Crippen MR) is 52.7 cm³/mol. The number of ether oxygens (including phenoxy) is 1. The van der Waals surface area contributed by atoms with Gasteiger partial charge < -0.3 is 10.1 Å². The van der Waals surface area contributed by atoms with Crippen molar-refractivity contribution in [2.75, 3.05) is 6.61 Å². The number of benzene rings is 1. The molecule has 0 amide bonds. The quantitative estimate of drug-likeness (QED) is 0.708. The molecule has 0 fully saturated rings. The summed E-state index contributed by atoms with van der Waals surface area (Å²) in [7, 11) is 0. The Morgan fingerprint density at radius 3 is 3.08 bits per heavy atom. The molecule has 13 heavy (non-hydrogen) atoms. The molecule has 0 saturated carbocycles. The van der Waals surface area contributed by atoms with Gasteiger partial charge in [-0.05, 0) is 23.3 Å². The summed E-state index contributed by atoms with van der Waals surface area (Å²) >= 11 is 0. The fraction of sp³-hybridized carbons (Fsp3) is 0.273. The normalized spacial score (nSPS) is 13.8. The van der Waals surface area contributed by atoms with Crippen molar-refractivity contribution in [1.29, 1.82) is 0 Å². The van der Waals surface area contributed by atoms with Crippen LogP contribution in [0.2, 0.25) is 0 Å². The average Bonchev–Trinajstić information content (AvgIpc) is 2.61. The van der Waals surface area contributed by atoms with Crippen molar-refractivity contribution in [2.45, 2.75) is 13.1 Å². The Bertz CT molecular complexity index is 320. The molecule has 0 aromatic heterocycles. The van der Waals surface area contributed by atoms with E-state index < -0.39 is 0 Å². The zero-order chi connectivity index (χ0) is 9.10. The minimum atomic E-state index is 0.576. The molecule has 1 aromatic rings. The molecule has 0 radical (unpaired) electrons. The number of hydrogen-bond donors (Lipinski definition) is 1. The third kappa shape index (κ3) is 1.73. The van der Waals surface area contributed by atoms with Crippen molar-refractivity contribution in [3.05, 3.63) is 42.0 Å². The van der Waals surface area contributed by atoms with Gasteiger partial charge in [0.05, 0.1) is 0 Å². The van der Waals surface area contributed by atoms with Gasteiger partial charge in [-0.15, -0.1) is 0 Å². The van der Waals surface area contributed by atoms with Crippen molar-refractivity contribution in [3.63, 3.8) is 0 Å². The Balaban J connectivity index is 2.16. The third-order valence-electron chi connectivity index (χ3n) is 2.18. The summed E-state index contributed by atoms with van der Waals surface area (Å²) in [5.41, 5.74) is 2.73. The molecule has 0 bridgehead atoms. The Hall–Kier alpha value is -1.28. The SMILES string of the molecule is C=CCOc1ccc2c(c1)CNC2. The molecule has 0 spiro atoms. The van der Waals surface area contributed by atoms with E-state index in [1.165, 1.54) is 11.1 Å². The van der Waals surface area contributed by atoms with Gasteiger partial charge >= 0.3 is 0 Å². The number of nitrogens with one attached hydrogen (secondary N) is 1. The van der Waals surface area contributed by atoms with Gasteiger partial charge in [0, 0.05) is 13.1 Å². The van der Waals surface area contributed by atoms with Gasteiger partial charge in [0.25, 0.3) is 0 Å². The molecule has 68 valence electrons. The highest BCUT2D eigenvalue weighted by molar-refractivity contribution is 5.37. The van der Waals surface area contributed by atoms with Crippen LogP contribution in [0.4, 0.5) is 0 Å². The number of rotatable bonds is 3. The molecule has 1 aliphatic rings. The van der Waals surface area contributed by atoms with Crippen LogP contribution in [0, 0.1) is 0 Å². The van der Waals surface area contributed by atoms with E-state index in [0.717, 1.165) is 18.8 Å². The van der Waals surface area contributed by atoms with E-state index in [1.54, 1.807) is 6.08 Å². The molecule has 0 unspecified atom stereocenters. The van der Waals surface area contributed by atoms with E-state index >= 15 is 0 Å². The second kappa shape index (κ2) is 3.62. The summed E-state index contributed by atoms with van der Waals surface area (Å²) in [6, 6.07) is 6.22. The average molecular weight is 175 g/mol. The molecule has 1 aliphatic heterocycles. The Morgan fingerprint density at radius 2 is 2.23 bits per heavy atom. The largest absolute Gasteiger partial charge is 0.490 e. The lowest BCUT2D eigenvalue weighted by atomic mass is 10.1. The highest BCUT2D eigenvalue weighted by atomic mass is 16.5.